The summed E-state index contributed by atoms with van der Waals surface area (Å²) in [5, 5.41) is 14.5. The summed E-state index contributed by atoms with van der Waals surface area (Å²) in [4.78, 5) is 14.5. The maximum Gasteiger partial charge on any atom is 0.295 e. The van der Waals surface area contributed by atoms with Crippen molar-refractivity contribution in [3.8, 4) is 0 Å². The standard InChI is InChI=1S/C12H13N3O4S/c1-20(18,19)8-7-13-10-5-6-14-12-9(10)3-2-4-11(12)15(16)17/h2-6H,7-8H2,1H3,(H,13,14). The highest BCUT2D eigenvalue weighted by Gasteiger charge is 2.14. The molecule has 106 valence electrons. The molecule has 1 heterocycles. The van der Waals surface area contributed by atoms with E-state index < -0.39 is 14.8 Å². The Bertz CT molecular complexity index is 758. The maximum absolute atomic E-state index is 11.1. The molecule has 20 heavy (non-hydrogen) atoms. The van der Waals surface area contributed by atoms with Crippen molar-refractivity contribution >= 4 is 32.1 Å². The molecule has 0 amide bonds. The van der Waals surface area contributed by atoms with E-state index in [0.29, 0.717) is 11.1 Å². The smallest absolute Gasteiger partial charge is 0.295 e. The molecule has 0 unspecified atom stereocenters. The van der Waals surface area contributed by atoms with Crippen LogP contribution in [0.15, 0.2) is 30.5 Å². The Balaban J connectivity index is 2.35. The Hall–Kier alpha value is -2.22. The number of anilines is 1. The van der Waals surface area contributed by atoms with Crippen LogP contribution in [0.25, 0.3) is 10.9 Å². The summed E-state index contributed by atoms with van der Waals surface area (Å²) < 4.78 is 22.2. The molecule has 1 aromatic heterocycles. The van der Waals surface area contributed by atoms with Crippen molar-refractivity contribution in [1.29, 1.82) is 0 Å². The van der Waals surface area contributed by atoms with Gasteiger partial charge in [0.2, 0.25) is 0 Å². The number of pyridine rings is 1. The second-order valence-corrected chi connectivity index (χ2v) is 6.61. The van der Waals surface area contributed by atoms with Crippen molar-refractivity contribution in [3.63, 3.8) is 0 Å². The fourth-order valence-corrected chi connectivity index (χ4v) is 2.31. The zero-order valence-electron chi connectivity index (χ0n) is 10.7. The second kappa shape index (κ2) is 5.41. The molecule has 0 saturated carbocycles. The fraction of sp³-hybridized carbons (Fsp3) is 0.250. The number of nitrogens with one attached hydrogen (secondary N) is 1. The van der Waals surface area contributed by atoms with Gasteiger partial charge in [-0.05, 0) is 6.07 Å². The van der Waals surface area contributed by atoms with E-state index in [1.165, 1.54) is 12.3 Å². The van der Waals surface area contributed by atoms with E-state index in [9.17, 15) is 18.5 Å². The number of non-ortho nitro benzene ring substituents is 1. The third-order valence-corrected chi connectivity index (χ3v) is 3.68. The minimum atomic E-state index is -3.06. The van der Waals surface area contributed by atoms with Crippen LogP contribution in [-0.4, -0.2) is 36.9 Å². The highest BCUT2D eigenvalue weighted by Crippen LogP contribution is 2.28. The number of para-hydroxylation sites is 1. The van der Waals surface area contributed by atoms with Crippen LogP contribution in [0.4, 0.5) is 11.4 Å². The third-order valence-electron chi connectivity index (χ3n) is 2.73. The zero-order chi connectivity index (χ0) is 14.8. The Morgan fingerprint density at radius 1 is 1.35 bits per heavy atom. The SMILES string of the molecule is CS(=O)(=O)CCNc1ccnc2c([N+](=O)[O-])cccc12. The van der Waals surface area contributed by atoms with E-state index in [1.807, 2.05) is 0 Å². The lowest BCUT2D eigenvalue weighted by Gasteiger charge is -2.08. The molecule has 0 fully saturated rings. The molecule has 0 aliphatic rings. The first-order chi connectivity index (χ1) is 9.38. The molecule has 0 radical (unpaired) electrons. The Kier molecular flexibility index (Phi) is 3.84. The molecular weight excluding hydrogens is 282 g/mol. The van der Waals surface area contributed by atoms with Crippen molar-refractivity contribution in [2.24, 2.45) is 0 Å². The summed E-state index contributed by atoms with van der Waals surface area (Å²) in [6, 6.07) is 6.33. The molecule has 0 spiro atoms. The summed E-state index contributed by atoms with van der Waals surface area (Å²) in [7, 11) is -3.06. The second-order valence-electron chi connectivity index (χ2n) is 4.35. The zero-order valence-corrected chi connectivity index (χ0v) is 11.6. The normalized spacial score (nSPS) is 11.4. The average Bonchev–Trinajstić information content (AvgIpc) is 2.36. The quantitative estimate of drug-likeness (QED) is 0.664. The van der Waals surface area contributed by atoms with E-state index >= 15 is 0 Å². The number of fused-ring (bicyclic) bond motifs is 1. The Morgan fingerprint density at radius 2 is 2.10 bits per heavy atom. The van der Waals surface area contributed by atoms with Gasteiger partial charge in [0.1, 0.15) is 15.4 Å². The van der Waals surface area contributed by atoms with E-state index in [-0.39, 0.29) is 23.5 Å². The molecule has 0 bridgehead atoms. The van der Waals surface area contributed by atoms with Crippen LogP contribution >= 0.6 is 0 Å². The molecule has 1 N–H and O–H groups in total. The van der Waals surface area contributed by atoms with Gasteiger partial charge in [0.05, 0.1) is 10.7 Å². The van der Waals surface area contributed by atoms with Crippen molar-refractivity contribution in [2.45, 2.75) is 0 Å². The van der Waals surface area contributed by atoms with Gasteiger partial charge in [-0.25, -0.2) is 13.4 Å². The van der Waals surface area contributed by atoms with Gasteiger partial charge in [0.25, 0.3) is 5.69 Å². The van der Waals surface area contributed by atoms with Crippen molar-refractivity contribution in [1.82, 2.24) is 4.98 Å². The number of nitrogens with zero attached hydrogens (tertiary/aromatic N) is 2. The molecule has 8 heteroatoms. The van der Waals surface area contributed by atoms with Gasteiger partial charge in [-0.2, -0.15) is 0 Å². The van der Waals surface area contributed by atoms with Gasteiger partial charge in [0.15, 0.2) is 0 Å². The van der Waals surface area contributed by atoms with Crippen LogP contribution in [0.5, 0.6) is 0 Å². The van der Waals surface area contributed by atoms with Gasteiger partial charge in [0, 0.05) is 36.1 Å². The summed E-state index contributed by atoms with van der Waals surface area (Å²) in [5.41, 5.74) is 0.832. The Labute approximate surface area is 115 Å². The fourth-order valence-electron chi connectivity index (χ4n) is 1.83. The molecule has 0 aliphatic heterocycles. The van der Waals surface area contributed by atoms with Crippen LogP contribution in [0.2, 0.25) is 0 Å². The lowest BCUT2D eigenvalue weighted by atomic mass is 10.1. The van der Waals surface area contributed by atoms with Crippen LogP contribution < -0.4 is 5.32 Å². The number of nitro groups is 1. The highest BCUT2D eigenvalue weighted by molar-refractivity contribution is 7.90. The lowest BCUT2D eigenvalue weighted by molar-refractivity contribution is -0.383. The third kappa shape index (κ3) is 3.21. The summed E-state index contributed by atoms with van der Waals surface area (Å²) in [5.74, 6) is -0.00819. The van der Waals surface area contributed by atoms with Crippen LogP contribution in [0.1, 0.15) is 0 Å². The number of hydrogen-bond acceptors (Lipinski definition) is 6. The predicted molar refractivity (Wildman–Crippen MR) is 76.6 cm³/mol. The monoisotopic (exact) mass is 295 g/mol. The van der Waals surface area contributed by atoms with Gasteiger partial charge in [-0.1, -0.05) is 12.1 Å². The largest absolute Gasteiger partial charge is 0.383 e. The number of aromatic nitrogens is 1. The summed E-state index contributed by atoms with van der Waals surface area (Å²) in [6.45, 7) is 0.237. The minimum absolute atomic E-state index is 0.00819. The van der Waals surface area contributed by atoms with Crippen molar-refractivity contribution in [2.75, 3.05) is 23.9 Å². The molecule has 7 nitrogen and oxygen atoms in total. The van der Waals surface area contributed by atoms with E-state index in [1.54, 1.807) is 18.2 Å². The highest BCUT2D eigenvalue weighted by atomic mass is 32.2. The van der Waals surface area contributed by atoms with Crippen molar-refractivity contribution < 1.29 is 13.3 Å². The number of rotatable bonds is 5. The first-order valence-corrected chi connectivity index (χ1v) is 7.88. The van der Waals surface area contributed by atoms with Crippen LogP contribution in [-0.2, 0) is 9.84 Å². The van der Waals surface area contributed by atoms with Crippen LogP contribution in [0, 0.1) is 10.1 Å². The van der Waals surface area contributed by atoms with Gasteiger partial charge in [-0.15, -0.1) is 0 Å². The summed E-state index contributed by atoms with van der Waals surface area (Å²) in [6.07, 6.45) is 2.61. The number of sulfone groups is 1. The molecule has 0 saturated heterocycles. The van der Waals surface area contributed by atoms with Gasteiger partial charge >= 0.3 is 0 Å². The molecular formula is C12H13N3O4S. The topological polar surface area (TPSA) is 102 Å². The average molecular weight is 295 g/mol. The molecule has 1 aromatic carbocycles. The molecule has 0 aliphatic carbocycles. The number of benzene rings is 1. The van der Waals surface area contributed by atoms with Gasteiger partial charge < -0.3 is 5.32 Å². The molecule has 2 aromatic rings. The number of nitro benzene ring substituents is 1. The Morgan fingerprint density at radius 3 is 2.75 bits per heavy atom. The maximum atomic E-state index is 11.1. The summed E-state index contributed by atoms with van der Waals surface area (Å²) >= 11 is 0. The van der Waals surface area contributed by atoms with E-state index in [0.717, 1.165) is 6.26 Å². The predicted octanol–water partition coefficient (Wildman–Crippen LogP) is 1.60. The first-order valence-electron chi connectivity index (χ1n) is 5.82. The lowest BCUT2D eigenvalue weighted by Crippen LogP contribution is -2.14. The van der Waals surface area contributed by atoms with Crippen LogP contribution in [0.3, 0.4) is 0 Å². The van der Waals surface area contributed by atoms with Crippen molar-refractivity contribution in [3.05, 3.63) is 40.6 Å². The molecule has 0 atom stereocenters. The van der Waals surface area contributed by atoms with E-state index in [4.69, 9.17) is 0 Å². The minimum Gasteiger partial charge on any atom is -0.383 e. The van der Waals surface area contributed by atoms with E-state index in [2.05, 4.69) is 10.3 Å². The first kappa shape index (κ1) is 14.2. The molecule has 2 rings (SSSR count). The van der Waals surface area contributed by atoms with Gasteiger partial charge in [-0.3, -0.25) is 10.1 Å². The number of hydrogen-bond donors (Lipinski definition) is 1.